The first-order chi connectivity index (χ1) is 10.8. The Labute approximate surface area is 133 Å². The maximum absolute atomic E-state index is 10.3. The molecule has 0 unspecified atom stereocenters. The first-order valence-corrected chi connectivity index (χ1v) is 8.07. The van der Waals surface area contributed by atoms with Crippen LogP contribution in [0.25, 0.3) is 5.69 Å². The number of thioether (sulfide) groups is 1. The van der Waals surface area contributed by atoms with Crippen molar-refractivity contribution in [2.75, 3.05) is 5.75 Å². The van der Waals surface area contributed by atoms with E-state index in [-0.39, 0.29) is 0 Å². The van der Waals surface area contributed by atoms with E-state index in [4.69, 9.17) is 0 Å². The molecule has 0 aliphatic carbocycles. The lowest BCUT2D eigenvalue weighted by Gasteiger charge is -2.11. The van der Waals surface area contributed by atoms with Crippen molar-refractivity contribution in [1.29, 1.82) is 0 Å². The Hall–Kier alpha value is -2.11. The fourth-order valence-electron chi connectivity index (χ4n) is 2.24. The van der Waals surface area contributed by atoms with E-state index in [1.54, 1.807) is 0 Å². The van der Waals surface area contributed by atoms with Gasteiger partial charge in [0.25, 0.3) is 0 Å². The van der Waals surface area contributed by atoms with Crippen LogP contribution in [0.5, 0.6) is 0 Å². The third-order valence-electron chi connectivity index (χ3n) is 3.36. The second-order valence-electron chi connectivity index (χ2n) is 4.94. The van der Waals surface area contributed by atoms with Gasteiger partial charge in [-0.1, -0.05) is 60.3 Å². The van der Waals surface area contributed by atoms with E-state index < -0.39 is 6.10 Å². The zero-order valence-corrected chi connectivity index (χ0v) is 13.1. The summed E-state index contributed by atoms with van der Waals surface area (Å²) in [6, 6.07) is 19.7. The average molecular weight is 311 g/mol. The van der Waals surface area contributed by atoms with Gasteiger partial charge in [0.05, 0.1) is 6.10 Å². The van der Waals surface area contributed by atoms with Crippen LogP contribution in [0.4, 0.5) is 0 Å². The second-order valence-corrected chi connectivity index (χ2v) is 5.93. The maximum Gasteiger partial charge on any atom is 0.195 e. The summed E-state index contributed by atoms with van der Waals surface area (Å²) >= 11 is 1.51. The van der Waals surface area contributed by atoms with Crippen LogP contribution in [0, 0.1) is 6.92 Å². The van der Waals surface area contributed by atoms with Gasteiger partial charge in [0.2, 0.25) is 0 Å². The molecule has 0 amide bonds. The van der Waals surface area contributed by atoms with Gasteiger partial charge in [-0.2, -0.15) is 0 Å². The summed E-state index contributed by atoms with van der Waals surface area (Å²) < 4.78 is 2.00. The highest BCUT2D eigenvalue weighted by Crippen LogP contribution is 2.26. The molecule has 5 heteroatoms. The molecule has 112 valence electrons. The van der Waals surface area contributed by atoms with Crippen LogP contribution < -0.4 is 0 Å². The van der Waals surface area contributed by atoms with Gasteiger partial charge in [-0.25, -0.2) is 0 Å². The number of hydrogen-bond donors (Lipinski definition) is 1. The van der Waals surface area contributed by atoms with Crippen molar-refractivity contribution in [2.45, 2.75) is 18.2 Å². The maximum atomic E-state index is 10.3. The molecule has 0 aliphatic rings. The fourth-order valence-corrected chi connectivity index (χ4v) is 3.20. The molecule has 1 N–H and O–H groups in total. The summed E-state index contributed by atoms with van der Waals surface area (Å²) in [6.07, 6.45) is -0.521. The molecule has 3 rings (SSSR count). The van der Waals surface area contributed by atoms with E-state index in [9.17, 15) is 5.11 Å². The highest BCUT2D eigenvalue weighted by atomic mass is 32.2. The molecule has 4 nitrogen and oxygen atoms in total. The van der Waals surface area contributed by atoms with Crippen molar-refractivity contribution in [3.05, 3.63) is 72.1 Å². The number of aliphatic hydroxyl groups is 1. The minimum absolute atomic E-state index is 0.521. The van der Waals surface area contributed by atoms with Crippen LogP contribution >= 0.6 is 11.8 Å². The Morgan fingerprint density at radius 1 is 1.00 bits per heavy atom. The molecule has 0 saturated carbocycles. The smallest absolute Gasteiger partial charge is 0.195 e. The van der Waals surface area contributed by atoms with Crippen LogP contribution in [0.15, 0.2) is 65.8 Å². The predicted molar refractivity (Wildman–Crippen MR) is 88.2 cm³/mol. The van der Waals surface area contributed by atoms with Gasteiger partial charge in [-0.05, 0) is 24.6 Å². The highest BCUT2D eigenvalue weighted by Gasteiger charge is 2.14. The average Bonchev–Trinajstić information content (AvgIpc) is 2.95. The number of benzene rings is 2. The number of para-hydroxylation sites is 1. The number of aryl methyl sites for hydroxylation is 1. The first-order valence-electron chi connectivity index (χ1n) is 7.09. The first kappa shape index (κ1) is 14.8. The quantitative estimate of drug-likeness (QED) is 0.734. The molecular weight excluding hydrogens is 294 g/mol. The SMILES string of the molecule is Cc1nnc(SC[C@H](O)c2ccccc2)n1-c1ccccc1. The number of nitrogens with zero attached hydrogens (tertiary/aromatic N) is 3. The molecule has 2 aromatic carbocycles. The molecule has 0 spiro atoms. The van der Waals surface area contributed by atoms with Crippen LogP contribution in [-0.4, -0.2) is 25.6 Å². The lowest BCUT2D eigenvalue weighted by Crippen LogP contribution is -2.03. The van der Waals surface area contributed by atoms with Crippen molar-refractivity contribution >= 4 is 11.8 Å². The third-order valence-corrected chi connectivity index (χ3v) is 4.37. The van der Waals surface area contributed by atoms with Crippen molar-refractivity contribution in [1.82, 2.24) is 14.8 Å². The summed E-state index contributed by atoms with van der Waals surface area (Å²) in [5.41, 5.74) is 1.94. The predicted octanol–water partition coefficient (Wildman–Crippen LogP) is 3.40. The van der Waals surface area contributed by atoms with Crippen molar-refractivity contribution in [2.24, 2.45) is 0 Å². The number of aliphatic hydroxyl groups excluding tert-OH is 1. The monoisotopic (exact) mass is 311 g/mol. The minimum atomic E-state index is -0.521. The van der Waals surface area contributed by atoms with Crippen molar-refractivity contribution in [3.8, 4) is 5.69 Å². The largest absolute Gasteiger partial charge is 0.388 e. The topological polar surface area (TPSA) is 50.9 Å². The molecule has 1 aromatic heterocycles. The van der Waals surface area contributed by atoms with E-state index in [1.165, 1.54) is 11.8 Å². The van der Waals surface area contributed by atoms with Crippen LogP contribution in [0.1, 0.15) is 17.5 Å². The van der Waals surface area contributed by atoms with Gasteiger partial charge < -0.3 is 5.11 Å². The van der Waals surface area contributed by atoms with Crippen molar-refractivity contribution < 1.29 is 5.11 Å². The van der Waals surface area contributed by atoms with E-state index >= 15 is 0 Å². The molecule has 22 heavy (non-hydrogen) atoms. The van der Waals surface area contributed by atoms with Gasteiger partial charge >= 0.3 is 0 Å². The van der Waals surface area contributed by atoms with E-state index in [0.717, 1.165) is 22.2 Å². The Balaban J connectivity index is 1.77. The number of hydrogen-bond acceptors (Lipinski definition) is 4. The van der Waals surface area contributed by atoms with Gasteiger partial charge in [0.1, 0.15) is 5.82 Å². The minimum Gasteiger partial charge on any atom is -0.388 e. The summed E-state index contributed by atoms with van der Waals surface area (Å²) in [6.45, 7) is 1.93. The molecule has 3 aromatic rings. The zero-order valence-electron chi connectivity index (χ0n) is 12.3. The van der Waals surface area contributed by atoms with Crippen LogP contribution in [0.2, 0.25) is 0 Å². The Kier molecular flexibility index (Phi) is 4.56. The second kappa shape index (κ2) is 6.77. The summed E-state index contributed by atoms with van der Waals surface area (Å²) in [4.78, 5) is 0. The Morgan fingerprint density at radius 2 is 1.64 bits per heavy atom. The lowest BCUT2D eigenvalue weighted by atomic mass is 10.1. The fraction of sp³-hybridized carbons (Fsp3) is 0.176. The normalized spacial score (nSPS) is 12.3. The Bertz CT molecular complexity index is 728. The van der Waals surface area contributed by atoms with E-state index in [0.29, 0.717) is 5.75 Å². The molecule has 0 bridgehead atoms. The van der Waals surface area contributed by atoms with Gasteiger partial charge in [-0.3, -0.25) is 4.57 Å². The standard InChI is InChI=1S/C17H17N3OS/c1-13-18-19-17(20(13)15-10-6-3-7-11-15)22-12-16(21)14-8-4-2-5-9-14/h2-11,16,21H,12H2,1H3/t16-/m0/s1. The summed E-state index contributed by atoms with van der Waals surface area (Å²) in [5, 5.41) is 19.4. The third kappa shape index (κ3) is 3.21. The van der Waals surface area contributed by atoms with E-state index in [2.05, 4.69) is 10.2 Å². The van der Waals surface area contributed by atoms with Gasteiger partial charge in [-0.15, -0.1) is 10.2 Å². The summed E-state index contributed by atoms with van der Waals surface area (Å²) in [5.74, 6) is 1.37. The Morgan fingerprint density at radius 3 is 2.32 bits per heavy atom. The van der Waals surface area contributed by atoms with Gasteiger partial charge in [0, 0.05) is 11.4 Å². The van der Waals surface area contributed by atoms with Crippen LogP contribution in [-0.2, 0) is 0 Å². The molecule has 0 aliphatic heterocycles. The molecule has 0 radical (unpaired) electrons. The van der Waals surface area contributed by atoms with Gasteiger partial charge in [0.15, 0.2) is 5.16 Å². The van der Waals surface area contributed by atoms with Crippen molar-refractivity contribution in [3.63, 3.8) is 0 Å². The molecule has 1 atom stereocenters. The van der Waals surface area contributed by atoms with Crippen LogP contribution in [0.3, 0.4) is 0 Å². The molecular formula is C17H17N3OS. The molecule has 0 fully saturated rings. The molecule has 0 saturated heterocycles. The van der Waals surface area contributed by atoms with E-state index in [1.807, 2.05) is 72.2 Å². The molecule has 1 heterocycles. The highest BCUT2D eigenvalue weighted by molar-refractivity contribution is 7.99. The zero-order chi connectivity index (χ0) is 15.4. The lowest BCUT2D eigenvalue weighted by molar-refractivity contribution is 0.204. The number of rotatable bonds is 5. The summed E-state index contributed by atoms with van der Waals surface area (Å²) in [7, 11) is 0. The number of aromatic nitrogens is 3.